The minimum atomic E-state index is 0.694. The Bertz CT molecular complexity index is 831. The van der Waals surface area contributed by atoms with Crippen LogP contribution < -0.4 is 5.32 Å². The van der Waals surface area contributed by atoms with Crippen LogP contribution in [0.25, 0.3) is 10.9 Å². The summed E-state index contributed by atoms with van der Waals surface area (Å²) in [6.07, 6.45) is 7.68. The lowest BCUT2D eigenvalue weighted by Crippen LogP contribution is -2.25. The second-order valence-corrected chi connectivity index (χ2v) is 7.23. The number of halogens is 1. The summed E-state index contributed by atoms with van der Waals surface area (Å²) >= 11 is 6.14. The SMILES string of the molecule is Clc1cccc(Cn2cc(CNC3CCCC3)c3ccccc32)c1. The van der Waals surface area contributed by atoms with Crippen LogP contribution in [0, 0.1) is 0 Å². The highest BCUT2D eigenvalue weighted by molar-refractivity contribution is 6.30. The second kappa shape index (κ2) is 7.00. The molecule has 24 heavy (non-hydrogen) atoms. The Morgan fingerprint density at radius 1 is 1.04 bits per heavy atom. The van der Waals surface area contributed by atoms with Gasteiger partial charge in [-0.15, -0.1) is 0 Å². The van der Waals surface area contributed by atoms with Crippen LogP contribution in [-0.2, 0) is 13.1 Å². The lowest BCUT2D eigenvalue weighted by atomic mass is 10.1. The van der Waals surface area contributed by atoms with Gasteiger partial charge in [0.05, 0.1) is 0 Å². The van der Waals surface area contributed by atoms with Crippen molar-refractivity contribution in [3.05, 3.63) is 70.9 Å². The maximum Gasteiger partial charge on any atom is 0.0486 e. The molecule has 1 saturated carbocycles. The molecule has 2 aromatic carbocycles. The molecule has 4 rings (SSSR count). The van der Waals surface area contributed by atoms with E-state index in [1.165, 1.54) is 47.7 Å². The zero-order valence-electron chi connectivity index (χ0n) is 13.8. The van der Waals surface area contributed by atoms with Gasteiger partial charge >= 0.3 is 0 Å². The number of hydrogen-bond acceptors (Lipinski definition) is 1. The fourth-order valence-electron chi connectivity index (χ4n) is 3.81. The zero-order chi connectivity index (χ0) is 16.4. The van der Waals surface area contributed by atoms with Crippen LogP contribution in [0.3, 0.4) is 0 Å². The van der Waals surface area contributed by atoms with Crippen molar-refractivity contribution in [2.24, 2.45) is 0 Å². The Balaban J connectivity index is 1.60. The maximum atomic E-state index is 6.14. The highest BCUT2D eigenvalue weighted by Gasteiger charge is 2.15. The summed E-state index contributed by atoms with van der Waals surface area (Å²) in [6.45, 7) is 1.80. The van der Waals surface area contributed by atoms with Crippen molar-refractivity contribution >= 4 is 22.5 Å². The van der Waals surface area contributed by atoms with Gasteiger partial charge in [-0.05, 0) is 42.2 Å². The summed E-state index contributed by atoms with van der Waals surface area (Å²) in [5, 5.41) is 5.89. The van der Waals surface area contributed by atoms with Gasteiger partial charge in [-0.2, -0.15) is 0 Å². The fourth-order valence-corrected chi connectivity index (χ4v) is 4.02. The molecule has 3 aromatic rings. The standard InChI is InChI=1S/C21H23ClN2/c22-18-7-5-6-16(12-18)14-24-15-17(13-23-19-8-1-2-9-19)20-10-3-4-11-21(20)24/h3-7,10-12,15,19,23H,1-2,8-9,13-14H2. The van der Waals surface area contributed by atoms with E-state index in [2.05, 4.69) is 46.4 Å². The molecule has 1 heterocycles. The van der Waals surface area contributed by atoms with Gasteiger partial charge in [0, 0.05) is 41.3 Å². The largest absolute Gasteiger partial charge is 0.343 e. The topological polar surface area (TPSA) is 17.0 Å². The molecule has 0 radical (unpaired) electrons. The van der Waals surface area contributed by atoms with Gasteiger partial charge in [0.1, 0.15) is 0 Å². The van der Waals surface area contributed by atoms with E-state index in [1.807, 2.05) is 18.2 Å². The van der Waals surface area contributed by atoms with Gasteiger partial charge in [-0.3, -0.25) is 0 Å². The molecular formula is C21H23ClN2. The molecular weight excluding hydrogens is 316 g/mol. The fraction of sp³-hybridized carbons (Fsp3) is 0.333. The number of benzene rings is 2. The Labute approximate surface area is 148 Å². The van der Waals surface area contributed by atoms with Crippen molar-refractivity contribution in [3.8, 4) is 0 Å². The molecule has 0 atom stereocenters. The number of aromatic nitrogens is 1. The molecule has 2 nitrogen and oxygen atoms in total. The number of nitrogens with zero attached hydrogens (tertiary/aromatic N) is 1. The molecule has 1 fully saturated rings. The zero-order valence-corrected chi connectivity index (χ0v) is 14.6. The summed E-state index contributed by atoms with van der Waals surface area (Å²) in [7, 11) is 0. The first kappa shape index (κ1) is 15.7. The third-order valence-electron chi connectivity index (χ3n) is 5.05. The first-order chi connectivity index (χ1) is 11.8. The third-order valence-corrected chi connectivity index (χ3v) is 5.28. The van der Waals surface area contributed by atoms with Gasteiger partial charge < -0.3 is 9.88 Å². The van der Waals surface area contributed by atoms with Crippen molar-refractivity contribution < 1.29 is 0 Å². The lowest BCUT2D eigenvalue weighted by Gasteiger charge is -2.10. The van der Waals surface area contributed by atoms with Crippen LogP contribution in [0.5, 0.6) is 0 Å². The van der Waals surface area contributed by atoms with Crippen molar-refractivity contribution in [1.82, 2.24) is 9.88 Å². The first-order valence-electron chi connectivity index (χ1n) is 8.84. The van der Waals surface area contributed by atoms with Crippen molar-refractivity contribution in [2.75, 3.05) is 0 Å². The van der Waals surface area contributed by atoms with Crippen LogP contribution in [-0.4, -0.2) is 10.6 Å². The van der Waals surface area contributed by atoms with E-state index in [0.717, 1.165) is 18.1 Å². The quantitative estimate of drug-likeness (QED) is 0.661. The van der Waals surface area contributed by atoms with Gasteiger partial charge in [-0.25, -0.2) is 0 Å². The summed E-state index contributed by atoms with van der Waals surface area (Å²) in [5.74, 6) is 0. The van der Waals surface area contributed by atoms with E-state index in [-0.39, 0.29) is 0 Å². The van der Waals surface area contributed by atoms with Crippen molar-refractivity contribution in [1.29, 1.82) is 0 Å². The molecule has 1 aliphatic rings. The van der Waals surface area contributed by atoms with Gasteiger partial charge in [-0.1, -0.05) is 54.8 Å². The van der Waals surface area contributed by atoms with Crippen LogP contribution in [0.4, 0.5) is 0 Å². The summed E-state index contributed by atoms with van der Waals surface area (Å²) in [4.78, 5) is 0. The normalized spacial score (nSPS) is 15.4. The van der Waals surface area contributed by atoms with E-state index in [0.29, 0.717) is 6.04 Å². The summed E-state index contributed by atoms with van der Waals surface area (Å²) < 4.78 is 2.34. The number of rotatable bonds is 5. The number of fused-ring (bicyclic) bond motifs is 1. The summed E-state index contributed by atoms with van der Waals surface area (Å²) in [5.41, 5.74) is 3.92. The molecule has 0 bridgehead atoms. The second-order valence-electron chi connectivity index (χ2n) is 6.79. The summed E-state index contributed by atoms with van der Waals surface area (Å²) in [6, 6.07) is 17.5. The lowest BCUT2D eigenvalue weighted by molar-refractivity contribution is 0.525. The molecule has 0 spiro atoms. The van der Waals surface area contributed by atoms with Gasteiger partial charge in [0.25, 0.3) is 0 Å². The van der Waals surface area contributed by atoms with Crippen LogP contribution in [0.1, 0.15) is 36.8 Å². The minimum Gasteiger partial charge on any atom is -0.343 e. The van der Waals surface area contributed by atoms with E-state index in [9.17, 15) is 0 Å². The minimum absolute atomic E-state index is 0.694. The van der Waals surface area contributed by atoms with Crippen LogP contribution in [0.2, 0.25) is 5.02 Å². The Kier molecular flexibility index (Phi) is 4.59. The Morgan fingerprint density at radius 3 is 2.71 bits per heavy atom. The predicted molar refractivity (Wildman–Crippen MR) is 102 cm³/mol. The average molecular weight is 339 g/mol. The average Bonchev–Trinajstić information content (AvgIpc) is 3.22. The molecule has 0 amide bonds. The van der Waals surface area contributed by atoms with E-state index in [1.54, 1.807) is 0 Å². The van der Waals surface area contributed by atoms with Crippen molar-refractivity contribution in [2.45, 2.75) is 44.8 Å². The predicted octanol–water partition coefficient (Wildman–Crippen LogP) is 5.38. The van der Waals surface area contributed by atoms with E-state index >= 15 is 0 Å². The first-order valence-corrected chi connectivity index (χ1v) is 9.22. The molecule has 0 unspecified atom stereocenters. The molecule has 124 valence electrons. The molecule has 1 N–H and O–H groups in total. The molecule has 1 aromatic heterocycles. The Hall–Kier alpha value is -1.77. The number of para-hydroxylation sites is 1. The van der Waals surface area contributed by atoms with Crippen LogP contribution >= 0.6 is 11.6 Å². The maximum absolute atomic E-state index is 6.14. The van der Waals surface area contributed by atoms with Crippen LogP contribution in [0.15, 0.2) is 54.7 Å². The number of hydrogen-bond donors (Lipinski definition) is 1. The monoisotopic (exact) mass is 338 g/mol. The molecule has 3 heteroatoms. The molecule has 0 saturated heterocycles. The Morgan fingerprint density at radius 2 is 1.88 bits per heavy atom. The highest BCUT2D eigenvalue weighted by atomic mass is 35.5. The molecule has 1 aliphatic carbocycles. The highest BCUT2D eigenvalue weighted by Crippen LogP contribution is 2.24. The smallest absolute Gasteiger partial charge is 0.0486 e. The third kappa shape index (κ3) is 3.35. The molecule has 0 aliphatic heterocycles. The van der Waals surface area contributed by atoms with Crippen molar-refractivity contribution in [3.63, 3.8) is 0 Å². The van der Waals surface area contributed by atoms with Gasteiger partial charge in [0.2, 0.25) is 0 Å². The van der Waals surface area contributed by atoms with E-state index < -0.39 is 0 Å². The van der Waals surface area contributed by atoms with E-state index in [4.69, 9.17) is 11.6 Å². The van der Waals surface area contributed by atoms with Gasteiger partial charge in [0.15, 0.2) is 0 Å². The number of nitrogens with one attached hydrogen (secondary N) is 1.